The van der Waals surface area contributed by atoms with Gasteiger partial charge in [-0.1, -0.05) is 33.1 Å². The van der Waals surface area contributed by atoms with Gasteiger partial charge in [0.15, 0.2) is 11.5 Å². The predicted molar refractivity (Wildman–Crippen MR) is 74.0 cm³/mol. The van der Waals surface area contributed by atoms with Crippen molar-refractivity contribution >= 4 is 11.8 Å². The lowest BCUT2D eigenvalue weighted by Gasteiger charge is -2.20. The molecule has 20 heavy (non-hydrogen) atoms. The Morgan fingerprint density at radius 1 is 1.25 bits per heavy atom. The van der Waals surface area contributed by atoms with Crippen molar-refractivity contribution in [3.05, 3.63) is 23.3 Å². The summed E-state index contributed by atoms with van der Waals surface area (Å²) in [6.07, 6.45) is 6.86. The van der Waals surface area contributed by atoms with Crippen molar-refractivity contribution in [2.45, 2.75) is 51.9 Å². The second kappa shape index (κ2) is 6.11. The van der Waals surface area contributed by atoms with E-state index in [2.05, 4.69) is 9.97 Å². The average Bonchev–Trinajstić information content (AvgIpc) is 2.46. The zero-order valence-corrected chi connectivity index (χ0v) is 11.9. The van der Waals surface area contributed by atoms with Crippen molar-refractivity contribution < 1.29 is 14.7 Å². The summed E-state index contributed by atoms with van der Waals surface area (Å²) in [6, 6.07) is 0. The van der Waals surface area contributed by atoms with Gasteiger partial charge in [-0.2, -0.15) is 0 Å². The number of Topliss-reactive ketones (excluding diaryl/α,β-unsaturated/α-hetero) is 1. The third-order valence-electron chi connectivity index (χ3n) is 3.77. The topological polar surface area (TPSA) is 80.2 Å². The average molecular weight is 276 g/mol. The summed E-state index contributed by atoms with van der Waals surface area (Å²) in [7, 11) is 0. The van der Waals surface area contributed by atoms with E-state index in [0.717, 1.165) is 25.7 Å². The van der Waals surface area contributed by atoms with Crippen molar-refractivity contribution in [1.29, 1.82) is 0 Å². The fourth-order valence-electron chi connectivity index (χ4n) is 2.61. The van der Waals surface area contributed by atoms with Crippen LogP contribution in [0.1, 0.15) is 78.5 Å². The van der Waals surface area contributed by atoms with E-state index in [1.807, 2.05) is 0 Å². The molecule has 1 fully saturated rings. The molecule has 0 unspecified atom stereocenters. The summed E-state index contributed by atoms with van der Waals surface area (Å²) in [5.74, 6) is -0.851. The normalized spacial score (nSPS) is 16.4. The standard InChI is InChI=1S/C15H20N2O3/c1-9(2)13(18)11-8-16-14(17-12(11)15(19)20)10-6-4-3-5-7-10/h8-10H,3-7H2,1-2H3,(H,19,20). The van der Waals surface area contributed by atoms with Crippen LogP contribution in [0.15, 0.2) is 6.20 Å². The van der Waals surface area contributed by atoms with Gasteiger partial charge in [0.2, 0.25) is 0 Å². The Bertz CT molecular complexity index is 520. The second-order valence-corrected chi connectivity index (χ2v) is 5.65. The van der Waals surface area contributed by atoms with Crippen LogP contribution in [0.5, 0.6) is 0 Å². The number of carbonyl (C=O) groups excluding carboxylic acids is 1. The smallest absolute Gasteiger partial charge is 0.355 e. The van der Waals surface area contributed by atoms with Gasteiger partial charge in [-0.25, -0.2) is 14.8 Å². The van der Waals surface area contributed by atoms with Crippen molar-refractivity contribution in [3.8, 4) is 0 Å². The Labute approximate surface area is 118 Å². The number of carboxylic acids is 1. The molecule has 1 aromatic rings. The molecular weight excluding hydrogens is 256 g/mol. The van der Waals surface area contributed by atoms with E-state index >= 15 is 0 Å². The number of ketones is 1. The zero-order chi connectivity index (χ0) is 14.7. The molecule has 5 heteroatoms. The number of hydrogen-bond donors (Lipinski definition) is 1. The van der Waals surface area contributed by atoms with Gasteiger partial charge in [-0.05, 0) is 12.8 Å². The Kier molecular flexibility index (Phi) is 4.47. The van der Waals surface area contributed by atoms with Gasteiger partial charge in [0, 0.05) is 18.0 Å². The Morgan fingerprint density at radius 2 is 1.90 bits per heavy atom. The van der Waals surface area contributed by atoms with Gasteiger partial charge in [-0.3, -0.25) is 4.79 Å². The Hall–Kier alpha value is -1.78. The van der Waals surface area contributed by atoms with Crippen LogP contribution in [0.25, 0.3) is 0 Å². The molecule has 0 saturated heterocycles. The van der Waals surface area contributed by atoms with Gasteiger partial charge >= 0.3 is 5.97 Å². The van der Waals surface area contributed by atoms with Crippen LogP contribution in [0.4, 0.5) is 0 Å². The van der Waals surface area contributed by atoms with Gasteiger partial charge in [0.25, 0.3) is 0 Å². The maximum Gasteiger partial charge on any atom is 0.355 e. The lowest BCUT2D eigenvalue weighted by molar-refractivity contribution is 0.0683. The van der Waals surface area contributed by atoms with Crippen LogP contribution in [0.3, 0.4) is 0 Å². The van der Waals surface area contributed by atoms with E-state index in [-0.39, 0.29) is 28.9 Å². The van der Waals surface area contributed by atoms with Gasteiger partial charge in [-0.15, -0.1) is 0 Å². The Morgan fingerprint density at radius 3 is 2.45 bits per heavy atom. The van der Waals surface area contributed by atoms with Gasteiger partial charge < -0.3 is 5.11 Å². The molecule has 1 aliphatic carbocycles. The predicted octanol–water partition coefficient (Wildman–Crippen LogP) is 3.06. The molecule has 0 amide bonds. The first kappa shape index (κ1) is 14.6. The molecule has 0 aliphatic heterocycles. The molecule has 1 N–H and O–H groups in total. The van der Waals surface area contributed by atoms with E-state index in [1.165, 1.54) is 12.6 Å². The summed E-state index contributed by atoms with van der Waals surface area (Å²) in [4.78, 5) is 31.8. The molecule has 1 aliphatic rings. The van der Waals surface area contributed by atoms with Crippen LogP contribution in [-0.4, -0.2) is 26.8 Å². The highest BCUT2D eigenvalue weighted by molar-refractivity contribution is 6.05. The van der Waals surface area contributed by atoms with Crippen LogP contribution < -0.4 is 0 Å². The number of carbonyl (C=O) groups is 2. The molecule has 1 heterocycles. The first-order valence-electron chi connectivity index (χ1n) is 7.15. The molecule has 0 aromatic carbocycles. The molecule has 0 bridgehead atoms. The number of aromatic carboxylic acids is 1. The molecule has 1 aromatic heterocycles. The molecular formula is C15H20N2O3. The second-order valence-electron chi connectivity index (χ2n) is 5.65. The molecule has 5 nitrogen and oxygen atoms in total. The summed E-state index contributed by atoms with van der Waals surface area (Å²) in [5.41, 5.74) is -0.0358. The quantitative estimate of drug-likeness (QED) is 0.855. The lowest BCUT2D eigenvalue weighted by Crippen LogP contribution is -2.19. The summed E-state index contributed by atoms with van der Waals surface area (Å²) < 4.78 is 0. The van der Waals surface area contributed by atoms with Crippen molar-refractivity contribution in [2.24, 2.45) is 5.92 Å². The number of aromatic nitrogens is 2. The van der Waals surface area contributed by atoms with Gasteiger partial charge in [0.05, 0.1) is 5.56 Å². The molecule has 1 saturated carbocycles. The summed E-state index contributed by atoms with van der Waals surface area (Å²) in [5, 5.41) is 9.28. The molecule has 2 rings (SSSR count). The maximum atomic E-state index is 12.0. The fourth-order valence-corrected chi connectivity index (χ4v) is 2.61. The third kappa shape index (κ3) is 3.03. The minimum atomic E-state index is -1.16. The highest BCUT2D eigenvalue weighted by atomic mass is 16.4. The first-order valence-corrected chi connectivity index (χ1v) is 7.15. The summed E-state index contributed by atoms with van der Waals surface area (Å²) >= 11 is 0. The van der Waals surface area contributed by atoms with Crippen LogP contribution in [-0.2, 0) is 0 Å². The molecule has 0 atom stereocenters. The third-order valence-corrected chi connectivity index (χ3v) is 3.77. The SMILES string of the molecule is CC(C)C(=O)c1cnc(C2CCCCC2)nc1C(=O)O. The van der Waals surface area contributed by atoms with E-state index in [1.54, 1.807) is 13.8 Å². The highest BCUT2D eigenvalue weighted by Gasteiger charge is 2.25. The van der Waals surface area contributed by atoms with Crippen LogP contribution >= 0.6 is 0 Å². The minimum Gasteiger partial charge on any atom is -0.476 e. The van der Waals surface area contributed by atoms with Crippen LogP contribution in [0, 0.1) is 5.92 Å². The zero-order valence-electron chi connectivity index (χ0n) is 11.9. The number of carboxylic acid groups (broad SMARTS) is 1. The van der Waals surface area contributed by atoms with E-state index in [9.17, 15) is 14.7 Å². The van der Waals surface area contributed by atoms with Crippen molar-refractivity contribution in [3.63, 3.8) is 0 Å². The van der Waals surface area contributed by atoms with Crippen molar-refractivity contribution in [1.82, 2.24) is 9.97 Å². The fraction of sp³-hybridized carbons (Fsp3) is 0.600. The first-order chi connectivity index (χ1) is 9.50. The largest absolute Gasteiger partial charge is 0.476 e. The highest BCUT2D eigenvalue weighted by Crippen LogP contribution is 2.30. The maximum absolute atomic E-state index is 12.0. The van der Waals surface area contributed by atoms with Gasteiger partial charge in [0.1, 0.15) is 5.82 Å². The Balaban J connectivity index is 2.36. The monoisotopic (exact) mass is 276 g/mol. The van der Waals surface area contributed by atoms with E-state index < -0.39 is 5.97 Å². The lowest BCUT2D eigenvalue weighted by atomic mass is 9.88. The van der Waals surface area contributed by atoms with E-state index in [0.29, 0.717) is 5.82 Å². The number of rotatable bonds is 4. The minimum absolute atomic E-state index is 0.118. The van der Waals surface area contributed by atoms with E-state index in [4.69, 9.17) is 0 Å². The van der Waals surface area contributed by atoms with Crippen molar-refractivity contribution in [2.75, 3.05) is 0 Å². The number of hydrogen-bond acceptors (Lipinski definition) is 4. The summed E-state index contributed by atoms with van der Waals surface area (Å²) in [6.45, 7) is 3.48. The molecule has 108 valence electrons. The van der Waals surface area contributed by atoms with Crippen LogP contribution in [0.2, 0.25) is 0 Å². The molecule has 0 radical (unpaired) electrons. The number of nitrogens with zero attached hydrogens (tertiary/aromatic N) is 2. The molecule has 0 spiro atoms.